The van der Waals surface area contributed by atoms with Gasteiger partial charge in [0.15, 0.2) is 6.61 Å². The fourth-order valence-corrected chi connectivity index (χ4v) is 3.52. The van der Waals surface area contributed by atoms with Crippen molar-refractivity contribution in [1.29, 1.82) is 0 Å². The molecule has 2 aromatic rings. The van der Waals surface area contributed by atoms with Crippen LogP contribution in [0.1, 0.15) is 50.8 Å². The lowest BCUT2D eigenvalue weighted by Gasteiger charge is -2.25. The molecule has 144 valence electrons. The van der Waals surface area contributed by atoms with Crippen LogP contribution < -0.4 is 9.47 Å². The Kier molecular flexibility index (Phi) is 5.73. The van der Waals surface area contributed by atoms with Crippen LogP contribution in [0, 0.1) is 0 Å². The molecule has 1 aliphatic heterocycles. The highest BCUT2D eigenvalue weighted by atomic mass is 16.5. The van der Waals surface area contributed by atoms with Crippen molar-refractivity contribution in [3.8, 4) is 11.5 Å². The molecule has 0 spiro atoms. The molecule has 1 amide bonds. The maximum Gasteiger partial charge on any atom is 0.261 e. The summed E-state index contributed by atoms with van der Waals surface area (Å²) in [5.41, 5.74) is 2.51. The molecule has 0 unspecified atom stereocenters. The smallest absolute Gasteiger partial charge is 0.261 e. The normalized spacial score (nSPS) is 17.0. The van der Waals surface area contributed by atoms with Crippen LogP contribution >= 0.6 is 0 Å². The predicted molar refractivity (Wildman–Crippen MR) is 107 cm³/mol. The van der Waals surface area contributed by atoms with Gasteiger partial charge in [0.2, 0.25) is 0 Å². The largest absolute Gasteiger partial charge is 0.497 e. The van der Waals surface area contributed by atoms with Gasteiger partial charge in [-0.25, -0.2) is 0 Å². The van der Waals surface area contributed by atoms with E-state index in [1.165, 1.54) is 5.56 Å². The zero-order valence-electron chi connectivity index (χ0n) is 16.7. The Morgan fingerprint density at radius 3 is 2.26 bits per heavy atom. The molecule has 1 atom stereocenters. The molecule has 0 aliphatic carbocycles. The highest BCUT2D eigenvalue weighted by molar-refractivity contribution is 5.78. The Morgan fingerprint density at radius 2 is 1.67 bits per heavy atom. The quantitative estimate of drug-likeness (QED) is 0.766. The van der Waals surface area contributed by atoms with Gasteiger partial charge in [0.25, 0.3) is 5.91 Å². The van der Waals surface area contributed by atoms with Crippen LogP contribution in [0.2, 0.25) is 0 Å². The van der Waals surface area contributed by atoms with Crippen LogP contribution in [0.4, 0.5) is 0 Å². The number of hydrogen-bond donors (Lipinski definition) is 0. The summed E-state index contributed by atoms with van der Waals surface area (Å²) in [4.78, 5) is 14.7. The highest BCUT2D eigenvalue weighted by Gasteiger charge is 2.30. The van der Waals surface area contributed by atoms with Gasteiger partial charge in [-0.15, -0.1) is 0 Å². The molecular formula is C23H29NO3. The molecule has 4 nitrogen and oxygen atoms in total. The van der Waals surface area contributed by atoms with Crippen LogP contribution in [-0.4, -0.2) is 31.1 Å². The number of likely N-dealkylation sites (tertiary alicyclic amines) is 1. The summed E-state index contributed by atoms with van der Waals surface area (Å²) in [5, 5.41) is 0. The summed E-state index contributed by atoms with van der Waals surface area (Å²) in [6, 6.07) is 16.1. The number of hydrogen-bond acceptors (Lipinski definition) is 3. The minimum absolute atomic E-state index is 0.0354. The van der Waals surface area contributed by atoms with E-state index >= 15 is 0 Å². The highest BCUT2D eigenvalue weighted by Crippen LogP contribution is 2.33. The molecule has 1 aliphatic rings. The SMILES string of the molecule is COc1ccc([C@@H]2CCCN2C(=O)COc2ccc(C(C)(C)C)cc2)cc1. The number of carbonyl (C=O) groups is 1. The molecule has 0 saturated carbocycles. The van der Waals surface area contributed by atoms with E-state index in [1.54, 1.807) is 7.11 Å². The molecule has 0 aromatic heterocycles. The lowest BCUT2D eigenvalue weighted by molar-refractivity contribution is -0.134. The average Bonchev–Trinajstić information content (AvgIpc) is 3.16. The summed E-state index contributed by atoms with van der Waals surface area (Å²) in [7, 11) is 1.66. The zero-order chi connectivity index (χ0) is 19.4. The molecule has 0 bridgehead atoms. The summed E-state index contributed by atoms with van der Waals surface area (Å²) in [6.07, 6.45) is 2.00. The van der Waals surface area contributed by atoms with Crippen molar-refractivity contribution in [3.63, 3.8) is 0 Å². The lowest BCUT2D eigenvalue weighted by atomic mass is 9.87. The number of benzene rings is 2. The Balaban J connectivity index is 1.61. The number of carbonyl (C=O) groups excluding carboxylic acids is 1. The van der Waals surface area contributed by atoms with E-state index in [4.69, 9.17) is 9.47 Å². The standard InChI is InChI=1S/C23H29NO3/c1-23(2,3)18-9-13-20(14-10-18)27-16-22(25)24-15-5-6-21(24)17-7-11-19(26-4)12-8-17/h7-14,21H,5-6,15-16H2,1-4H3/t21-/m0/s1. The molecule has 0 radical (unpaired) electrons. The maximum atomic E-state index is 12.7. The van der Waals surface area contributed by atoms with Gasteiger partial charge in [-0.05, 0) is 53.6 Å². The molecule has 3 rings (SSSR count). The van der Waals surface area contributed by atoms with Crippen molar-refractivity contribution >= 4 is 5.91 Å². The lowest BCUT2D eigenvalue weighted by Crippen LogP contribution is -2.34. The molecule has 27 heavy (non-hydrogen) atoms. The third-order valence-corrected chi connectivity index (χ3v) is 5.16. The van der Waals surface area contributed by atoms with E-state index in [1.807, 2.05) is 41.3 Å². The second-order valence-electron chi connectivity index (χ2n) is 8.08. The molecule has 1 saturated heterocycles. The first-order chi connectivity index (χ1) is 12.9. The fourth-order valence-electron chi connectivity index (χ4n) is 3.52. The monoisotopic (exact) mass is 367 g/mol. The third kappa shape index (κ3) is 4.62. The van der Waals surface area contributed by atoms with Crippen molar-refractivity contribution in [2.24, 2.45) is 0 Å². The van der Waals surface area contributed by atoms with Gasteiger partial charge >= 0.3 is 0 Å². The number of ether oxygens (including phenoxy) is 2. The fraction of sp³-hybridized carbons (Fsp3) is 0.435. The van der Waals surface area contributed by atoms with Gasteiger partial charge in [-0.3, -0.25) is 4.79 Å². The summed E-state index contributed by atoms with van der Waals surface area (Å²) in [6.45, 7) is 7.39. The molecule has 1 fully saturated rings. The van der Waals surface area contributed by atoms with E-state index in [0.29, 0.717) is 0 Å². The van der Waals surface area contributed by atoms with Crippen LogP contribution in [0.3, 0.4) is 0 Å². The Morgan fingerprint density at radius 1 is 1.04 bits per heavy atom. The van der Waals surface area contributed by atoms with Crippen molar-refractivity contribution in [1.82, 2.24) is 4.90 Å². The summed E-state index contributed by atoms with van der Waals surface area (Å²) < 4.78 is 11.0. The summed E-state index contributed by atoms with van der Waals surface area (Å²) in [5.74, 6) is 1.60. The van der Waals surface area contributed by atoms with Gasteiger partial charge in [0.05, 0.1) is 13.2 Å². The third-order valence-electron chi connectivity index (χ3n) is 5.16. The van der Waals surface area contributed by atoms with Crippen LogP contribution in [0.25, 0.3) is 0 Å². The van der Waals surface area contributed by atoms with E-state index in [0.717, 1.165) is 36.4 Å². The van der Waals surface area contributed by atoms with Crippen molar-refractivity contribution < 1.29 is 14.3 Å². The zero-order valence-corrected chi connectivity index (χ0v) is 16.7. The maximum absolute atomic E-state index is 12.7. The number of amides is 1. The first-order valence-electron chi connectivity index (χ1n) is 9.55. The number of methoxy groups -OCH3 is 1. The molecule has 1 heterocycles. The van der Waals surface area contributed by atoms with Gasteiger partial charge < -0.3 is 14.4 Å². The molecule has 2 aromatic carbocycles. The van der Waals surface area contributed by atoms with Crippen LogP contribution in [0.15, 0.2) is 48.5 Å². The first kappa shape index (κ1) is 19.3. The predicted octanol–water partition coefficient (Wildman–Crippen LogP) is 4.74. The minimum atomic E-state index is 0.0354. The van der Waals surface area contributed by atoms with Crippen molar-refractivity contribution in [3.05, 3.63) is 59.7 Å². The number of rotatable bonds is 5. The second-order valence-corrected chi connectivity index (χ2v) is 8.08. The van der Waals surface area contributed by atoms with E-state index in [2.05, 4.69) is 32.9 Å². The first-order valence-corrected chi connectivity index (χ1v) is 9.55. The summed E-state index contributed by atoms with van der Waals surface area (Å²) >= 11 is 0. The van der Waals surface area contributed by atoms with Crippen molar-refractivity contribution in [2.75, 3.05) is 20.3 Å². The second kappa shape index (κ2) is 8.03. The van der Waals surface area contributed by atoms with Gasteiger partial charge in [-0.1, -0.05) is 45.0 Å². The van der Waals surface area contributed by atoms with Gasteiger partial charge in [-0.2, -0.15) is 0 Å². The average molecular weight is 367 g/mol. The molecule has 0 N–H and O–H groups in total. The number of nitrogens with zero attached hydrogens (tertiary/aromatic N) is 1. The minimum Gasteiger partial charge on any atom is -0.497 e. The Hall–Kier alpha value is -2.49. The topological polar surface area (TPSA) is 38.8 Å². The van der Waals surface area contributed by atoms with Crippen molar-refractivity contribution in [2.45, 2.75) is 45.1 Å². The Labute approximate surface area is 162 Å². The van der Waals surface area contributed by atoms with Crippen LogP contribution in [-0.2, 0) is 10.2 Å². The van der Waals surface area contributed by atoms with E-state index < -0.39 is 0 Å². The van der Waals surface area contributed by atoms with Crippen LogP contribution in [0.5, 0.6) is 11.5 Å². The van der Waals surface area contributed by atoms with E-state index in [9.17, 15) is 4.79 Å². The molecule has 4 heteroatoms. The van der Waals surface area contributed by atoms with E-state index in [-0.39, 0.29) is 24.0 Å². The Bertz CT molecular complexity index is 760. The van der Waals surface area contributed by atoms with Gasteiger partial charge in [0, 0.05) is 6.54 Å². The molecular weight excluding hydrogens is 338 g/mol. The van der Waals surface area contributed by atoms with Gasteiger partial charge in [0.1, 0.15) is 11.5 Å².